The SMILES string of the molecule is C=CCCCCC/C=C/CONOCCCCCCNC(=O)C1CCC(CN2C(=O)C=CC2=O)CC1.CC. The fourth-order valence-electron chi connectivity index (χ4n) is 4.56. The highest BCUT2D eigenvalue weighted by Gasteiger charge is 2.31. The zero-order valence-corrected chi connectivity index (χ0v) is 23.8. The van der Waals surface area contributed by atoms with Crippen molar-refractivity contribution in [3.8, 4) is 0 Å². The molecule has 1 fully saturated rings. The van der Waals surface area contributed by atoms with Gasteiger partial charge >= 0.3 is 0 Å². The third kappa shape index (κ3) is 15.2. The highest BCUT2D eigenvalue weighted by Crippen LogP contribution is 2.30. The molecular formula is C30H51N3O5. The molecule has 1 saturated carbocycles. The summed E-state index contributed by atoms with van der Waals surface area (Å²) in [5.41, 5.74) is 2.53. The predicted molar refractivity (Wildman–Crippen MR) is 152 cm³/mol. The van der Waals surface area contributed by atoms with Crippen LogP contribution in [0.5, 0.6) is 0 Å². The summed E-state index contributed by atoms with van der Waals surface area (Å²) < 4.78 is 0. The number of unbranched alkanes of at least 4 members (excludes halogenated alkanes) is 7. The average Bonchev–Trinajstić information content (AvgIpc) is 3.26. The average molecular weight is 534 g/mol. The van der Waals surface area contributed by atoms with Gasteiger partial charge in [0.25, 0.3) is 11.8 Å². The summed E-state index contributed by atoms with van der Waals surface area (Å²) in [7, 11) is 0. The first-order valence-electron chi connectivity index (χ1n) is 14.7. The van der Waals surface area contributed by atoms with E-state index in [1.807, 2.05) is 26.0 Å². The molecule has 0 unspecified atom stereocenters. The molecule has 0 aromatic rings. The van der Waals surface area contributed by atoms with E-state index in [1.165, 1.54) is 36.3 Å². The minimum atomic E-state index is -0.222. The molecule has 38 heavy (non-hydrogen) atoms. The quantitative estimate of drug-likeness (QED) is 0.0920. The van der Waals surface area contributed by atoms with E-state index in [0.29, 0.717) is 32.2 Å². The largest absolute Gasteiger partial charge is 0.356 e. The molecular weight excluding hydrogens is 482 g/mol. The van der Waals surface area contributed by atoms with Gasteiger partial charge in [-0.3, -0.25) is 29.0 Å². The molecule has 0 saturated heterocycles. The number of nitrogens with zero attached hydrogens (tertiary/aromatic N) is 1. The van der Waals surface area contributed by atoms with Gasteiger partial charge in [-0.1, -0.05) is 57.0 Å². The zero-order chi connectivity index (χ0) is 27.8. The van der Waals surface area contributed by atoms with Gasteiger partial charge in [0.1, 0.15) is 0 Å². The Morgan fingerprint density at radius 1 is 0.921 bits per heavy atom. The molecule has 1 aliphatic heterocycles. The number of nitrogens with one attached hydrogen (secondary N) is 2. The maximum Gasteiger partial charge on any atom is 0.253 e. The van der Waals surface area contributed by atoms with E-state index >= 15 is 0 Å². The Hall–Kier alpha value is -2.29. The fraction of sp³-hybridized carbons (Fsp3) is 0.700. The molecule has 1 heterocycles. The van der Waals surface area contributed by atoms with Crippen molar-refractivity contribution in [1.82, 2.24) is 15.9 Å². The van der Waals surface area contributed by atoms with Crippen molar-refractivity contribution < 1.29 is 24.1 Å². The number of allylic oxidation sites excluding steroid dienone is 2. The van der Waals surface area contributed by atoms with Crippen LogP contribution in [0.15, 0.2) is 37.0 Å². The molecule has 0 radical (unpaired) electrons. The number of imide groups is 1. The third-order valence-electron chi connectivity index (χ3n) is 6.77. The number of carbonyl (C=O) groups is 3. The molecule has 0 aromatic carbocycles. The predicted octanol–water partition coefficient (Wildman–Crippen LogP) is 5.57. The van der Waals surface area contributed by atoms with Crippen LogP contribution in [-0.2, 0) is 24.1 Å². The molecule has 8 heteroatoms. The van der Waals surface area contributed by atoms with Crippen molar-refractivity contribution in [3.05, 3.63) is 37.0 Å². The second kappa shape index (κ2) is 22.7. The lowest BCUT2D eigenvalue weighted by molar-refractivity contribution is -0.163. The Labute approximate surface area is 230 Å². The lowest BCUT2D eigenvalue weighted by Crippen LogP contribution is -2.38. The van der Waals surface area contributed by atoms with Gasteiger partial charge in [0.2, 0.25) is 5.91 Å². The number of hydrogen-bond donors (Lipinski definition) is 2. The van der Waals surface area contributed by atoms with Crippen LogP contribution in [0.3, 0.4) is 0 Å². The Morgan fingerprint density at radius 2 is 1.58 bits per heavy atom. The summed E-state index contributed by atoms with van der Waals surface area (Å²) in [5, 5.41) is 3.07. The maximum absolute atomic E-state index is 12.4. The van der Waals surface area contributed by atoms with Crippen LogP contribution < -0.4 is 11.0 Å². The molecule has 0 atom stereocenters. The van der Waals surface area contributed by atoms with Crippen molar-refractivity contribution >= 4 is 17.7 Å². The van der Waals surface area contributed by atoms with E-state index in [1.54, 1.807) is 0 Å². The summed E-state index contributed by atoms with van der Waals surface area (Å²) in [6, 6.07) is 0. The first-order chi connectivity index (χ1) is 18.6. The van der Waals surface area contributed by atoms with Crippen LogP contribution in [0.4, 0.5) is 0 Å². The highest BCUT2D eigenvalue weighted by atomic mass is 16.9. The van der Waals surface area contributed by atoms with Crippen molar-refractivity contribution in [2.45, 2.75) is 97.3 Å². The first-order valence-corrected chi connectivity index (χ1v) is 14.7. The van der Waals surface area contributed by atoms with Gasteiger partial charge in [-0.2, -0.15) is 0 Å². The number of carbonyl (C=O) groups excluding carboxylic acids is 3. The summed E-state index contributed by atoms with van der Waals surface area (Å²) in [5.74, 6) is 0.0274. The van der Waals surface area contributed by atoms with Gasteiger partial charge in [-0.15, -0.1) is 6.58 Å². The maximum atomic E-state index is 12.4. The monoisotopic (exact) mass is 533 g/mol. The summed E-state index contributed by atoms with van der Waals surface area (Å²) in [4.78, 5) is 47.6. The van der Waals surface area contributed by atoms with Gasteiger partial charge < -0.3 is 5.32 Å². The van der Waals surface area contributed by atoms with Gasteiger partial charge in [-0.05, 0) is 70.1 Å². The standard InChI is InChI=1S/C28H45N3O5.C2H6/c1-2-3-4-5-6-7-9-12-21-35-30-36-22-13-10-8-11-20-29-28(34)25-16-14-24(15-17-25)23-31-26(32)18-19-27(31)33;1-2/h2,9,12,18-19,24-25,30H,1,3-8,10-11,13-17,20-23H2,(H,29,34);1-2H3/b12-9+;. The van der Waals surface area contributed by atoms with Crippen molar-refractivity contribution in [1.29, 1.82) is 0 Å². The third-order valence-corrected chi connectivity index (χ3v) is 6.77. The molecule has 2 aliphatic rings. The summed E-state index contributed by atoms with van der Waals surface area (Å²) in [6.07, 6.45) is 21.9. The van der Waals surface area contributed by atoms with Crippen LogP contribution >= 0.6 is 0 Å². The Balaban J connectivity index is 0.00000352. The molecule has 0 spiro atoms. The van der Waals surface area contributed by atoms with Gasteiger partial charge in [0.15, 0.2) is 0 Å². The van der Waals surface area contributed by atoms with Crippen molar-refractivity contribution in [2.75, 3.05) is 26.3 Å². The van der Waals surface area contributed by atoms with Crippen LogP contribution in [0, 0.1) is 11.8 Å². The highest BCUT2D eigenvalue weighted by molar-refractivity contribution is 6.12. The molecule has 2 rings (SSSR count). The van der Waals surface area contributed by atoms with Crippen LogP contribution in [0.1, 0.15) is 97.3 Å². The molecule has 0 bridgehead atoms. The number of hydrogen-bond acceptors (Lipinski definition) is 6. The number of amides is 3. The molecule has 216 valence electrons. The minimum absolute atomic E-state index is 0.0426. The van der Waals surface area contributed by atoms with Crippen LogP contribution in [-0.4, -0.2) is 48.9 Å². The lowest BCUT2D eigenvalue weighted by Gasteiger charge is -2.30. The molecule has 2 N–H and O–H groups in total. The lowest BCUT2D eigenvalue weighted by atomic mass is 9.81. The fourth-order valence-corrected chi connectivity index (χ4v) is 4.56. The second-order valence-electron chi connectivity index (χ2n) is 9.68. The van der Waals surface area contributed by atoms with E-state index < -0.39 is 0 Å². The van der Waals surface area contributed by atoms with Gasteiger partial charge in [-0.25, -0.2) is 0 Å². The van der Waals surface area contributed by atoms with Crippen LogP contribution in [0.2, 0.25) is 0 Å². The molecule has 3 amide bonds. The topological polar surface area (TPSA) is 97.0 Å². The minimum Gasteiger partial charge on any atom is -0.356 e. The number of rotatable bonds is 20. The Bertz CT molecular complexity index is 711. The summed E-state index contributed by atoms with van der Waals surface area (Å²) >= 11 is 0. The van der Waals surface area contributed by atoms with Gasteiger partial charge in [0, 0.05) is 31.2 Å². The van der Waals surface area contributed by atoms with E-state index in [2.05, 4.69) is 23.6 Å². The van der Waals surface area contributed by atoms with E-state index in [4.69, 9.17) is 9.68 Å². The van der Waals surface area contributed by atoms with Crippen molar-refractivity contribution in [3.63, 3.8) is 0 Å². The normalized spacial score (nSPS) is 19.1. The Morgan fingerprint density at radius 3 is 2.29 bits per heavy atom. The smallest absolute Gasteiger partial charge is 0.253 e. The van der Waals surface area contributed by atoms with E-state index in [9.17, 15) is 14.4 Å². The van der Waals surface area contributed by atoms with Crippen LogP contribution in [0.25, 0.3) is 0 Å². The first kappa shape index (κ1) is 33.7. The van der Waals surface area contributed by atoms with E-state index in [0.717, 1.165) is 64.2 Å². The van der Waals surface area contributed by atoms with Crippen molar-refractivity contribution in [2.24, 2.45) is 11.8 Å². The molecule has 1 aliphatic carbocycles. The second-order valence-corrected chi connectivity index (χ2v) is 9.68. The Kier molecular flexibility index (Phi) is 20.1. The molecule has 0 aromatic heterocycles. The molecule has 8 nitrogen and oxygen atoms in total. The summed E-state index contributed by atoms with van der Waals surface area (Å²) in [6.45, 7) is 9.98. The van der Waals surface area contributed by atoms with E-state index in [-0.39, 0.29) is 23.6 Å². The zero-order valence-electron chi connectivity index (χ0n) is 23.8. The van der Waals surface area contributed by atoms with Gasteiger partial charge in [0.05, 0.1) is 13.2 Å².